The predicted molar refractivity (Wildman–Crippen MR) is 137 cm³/mol. The number of hydrogen-bond acceptors (Lipinski definition) is 5. The summed E-state index contributed by atoms with van der Waals surface area (Å²) in [6.45, 7) is 7.88. The molecule has 1 amide bonds. The van der Waals surface area contributed by atoms with Crippen LogP contribution in [0.15, 0.2) is 64.9 Å². The van der Waals surface area contributed by atoms with Crippen molar-refractivity contribution in [1.29, 1.82) is 0 Å². The monoisotopic (exact) mass is 471 g/mol. The van der Waals surface area contributed by atoms with Crippen LogP contribution in [-0.2, 0) is 22.4 Å². The number of aromatic nitrogens is 1. The Morgan fingerprint density at radius 1 is 1.11 bits per heavy atom. The molecule has 0 saturated carbocycles. The first-order valence-corrected chi connectivity index (χ1v) is 12.5. The van der Waals surface area contributed by atoms with Gasteiger partial charge in [0.1, 0.15) is 23.8 Å². The molecular formula is C29H33N3O3. The summed E-state index contributed by atoms with van der Waals surface area (Å²) < 4.78 is 11.7. The molecule has 1 aliphatic heterocycles. The van der Waals surface area contributed by atoms with Gasteiger partial charge in [-0.1, -0.05) is 32.9 Å². The van der Waals surface area contributed by atoms with Crippen molar-refractivity contribution < 1.29 is 14.3 Å². The Bertz CT molecular complexity index is 1220. The molecule has 6 heteroatoms. The van der Waals surface area contributed by atoms with Gasteiger partial charge in [-0.25, -0.2) is 4.99 Å². The number of benzene rings is 1. The number of allylic oxidation sites excluding steroid dienone is 4. The van der Waals surface area contributed by atoms with E-state index in [0.29, 0.717) is 30.5 Å². The molecule has 0 saturated heterocycles. The maximum absolute atomic E-state index is 13.1. The average Bonchev–Trinajstić information content (AvgIpc) is 3.39. The Morgan fingerprint density at radius 3 is 2.77 bits per heavy atom. The van der Waals surface area contributed by atoms with Crippen LogP contribution in [0.5, 0.6) is 11.5 Å². The lowest BCUT2D eigenvalue weighted by Gasteiger charge is -2.27. The van der Waals surface area contributed by atoms with Crippen LogP contribution in [0.4, 0.5) is 0 Å². The first kappa shape index (κ1) is 23.3. The molecule has 1 aromatic carbocycles. The lowest BCUT2D eigenvalue weighted by molar-refractivity contribution is -0.124. The van der Waals surface area contributed by atoms with E-state index in [1.807, 2.05) is 18.2 Å². The number of nitrogens with one attached hydrogen (secondary N) is 1. The van der Waals surface area contributed by atoms with Crippen LogP contribution in [0.3, 0.4) is 0 Å². The quantitative estimate of drug-likeness (QED) is 0.623. The molecule has 2 heterocycles. The molecule has 1 atom stereocenters. The van der Waals surface area contributed by atoms with Gasteiger partial charge in [0.25, 0.3) is 0 Å². The van der Waals surface area contributed by atoms with Crippen molar-refractivity contribution in [1.82, 2.24) is 10.3 Å². The number of nitrogens with zero attached hydrogens (tertiary/aromatic N) is 2. The van der Waals surface area contributed by atoms with E-state index in [9.17, 15) is 4.79 Å². The SMILES string of the molecule is CC(C)(C)C1=CCCC(NC(=O)C2CCc3ccc(Oc4ccnc(C5=NCCO5)c4)cc3C2)=C1. The van der Waals surface area contributed by atoms with Gasteiger partial charge in [0.05, 0.1) is 6.54 Å². The molecule has 2 aromatic rings. The number of hydrogen-bond donors (Lipinski definition) is 1. The van der Waals surface area contributed by atoms with Crippen LogP contribution in [0.25, 0.3) is 0 Å². The van der Waals surface area contributed by atoms with Crippen LogP contribution in [0.1, 0.15) is 56.9 Å². The van der Waals surface area contributed by atoms with E-state index in [4.69, 9.17) is 9.47 Å². The molecular weight excluding hydrogens is 438 g/mol. The minimum atomic E-state index is -0.0345. The molecule has 0 fully saturated rings. The van der Waals surface area contributed by atoms with Gasteiger partial charge >= 0.3 is 0 Å². The van der Waals surface area contributed by atoms with Gasteiger partial charge in [0.2, 0.25) is 11.8 Å². The van der Waals surface area contributed by atoms with E-state index in [0.717, 1.165) is 43.6 Å². The van der Waals surface area contributed by atoms with Crippen molar-refractivity contribution in [3.05, 3.63) is 76.8 Å². The standard InChI is InChI=1S/C29H33N3O3/c1-29(2,3)22-5-4-6-23(17-22)32-27(33)20-8-7-19-9-10-24(16-21(19)15-20)35-25-11-12-30-26(18-25)28-31-13-14-34-28/h5,9-12,16-18,20H,4,6-8,13-15H2,1-3H3,(H,32,33). The fourth-order valence-electron chi connectivity index (χ4n) is 4.82. The summed E-state index contributed by atoms with van der Waals surface area (Å²) in [6.07, 6.45) is 10.5. The molecule has 0 radical (unpaired) electrons. The molecule has 35 heavy (non-hydrogen) atoms. The lowest BCUT2D eigenvalue weighted by atomic mass is 9.82. The number of fused-ring (bicyclic) bond motifs is 1. The van der Waals surface area contributed by atoms with Gasteiger partial charge in [-0.15, -0.1) is 0 Å². The predicted octanol–water partition coefficient (Wildman–Crippen LogP) is 5.52. The molecule has 182 valence electrons. The van der Waals surface area contributed by atoms with Crippen molar-refractivity contribution in [3.8, 4) is 11.5 Å². The van der Waals surface area contributed by atoms with Gasteiger partial charge in [0.15, 0.2) is 0 Å². The summed E-state index contributed by atoms with van der Waals surface area (Å²) in [5, 5.41) is 3.23. The van der Waals surface area contributed by atoms with Gasteiger partial charge in [0, 0.05) is 23.9 Å². The second kappa shape index (κ2) is 9.68. The highest BCUT2D eigenvalue weighted by molar-refractivity contribution is 5.93. The topological polar surface area (TPSA) is 72.8 Å². The van der Waals surface area contributed by atoms with E-state index in [-0.39, 0.29) is 17.2 Å². The number of carbonyl (C=O) groups excluding carboxylic acids is 1. The Balaban J connectivity index is 1.26. The Hall–Kier alpha value is -3.41. The fourth-order valence-corrected chi connectivity index (χ4v) is 4.82. The lowest BCUT2D eigenvalue weighted by Crippen LogP contribution is -2.34. The fraction of sp³-hybridized carbons (Fsp3) is 0.414. The minimum Gasteiger partial charge on any atom is -0.474 e. The first-order chi connectivity index (χ1) is 16.8. The molecule has 1 unspecified atom stereocenters. The summed E-state index contributed by atoms with van der Waals surface area (Å²) in [5.41, 5.74) is 5.57. The van der Waals surface area contributed by atoms with Crippen molar-refractivity contribution in [2.24, 2.45) is 16.3 Å². The maximum atomic E-state index is 13.1. The highest BCUT2D eigenvalue weighted by Gasteiger charge is 2.26. The van der Waals surface area contributed by atoms with Crippen molar-refractivity contribution in [2.75, 3.05) is 13.2 Å². The zero-order chi connectivity index (χ0) is 24.4. The van der Waals surface area contributed by atoms with Gasteiger partial charge < -0.3 is 14.8 Å². The zero-order valence-corrected chi connectivity index (χ0v) is 20.8. The number of carbonyl (C=O) groups is 1. The molecule has 0 bridgehead atoms. The molecule has 0 spiro atoms. The van der Waals surface area contributed by atoms with Crippen LogP contribution in [0, 0.1) is 11.3 Å². The van der Waals surface area contributed by atoms with Crippen molar-refractivity contribution in [2.45, 2.75) is 52.9 Å². The Morgan fingerprint density at radius 2 is 1.97 bits per heavy atom. The summed E-state index contributed by atoms with van der Waals surface area (Å²) in [6, 6.07) is 9.86. The zero-order valence-electron chi connectivity index (χ0n) is 20.8. The molecule has 6 nitrogen and oxygen atoms in total. The normalized spacial score (nSPS) is 19.6. The van der Waals surface area contributed by atoms with E-state index in [1.165, 1.54) is 16.7 Å². The Labute approximate surface area is 207 Å². The largest absolute Gasteiger partial charge is 0.474 e. The summed E-state index contributed by atoms with van der Waals surface area (Å²) in [5.74, 6) is 2.09. The first-order valence-electron chi connectivity index (χ1n) is 12.5. The van der Waals surface area contributed by atoms with E-state index >= 15 is 0 Å². The third kappa shape index (κ3) is 5.47. The summed E-state index contributed by atoms with van der Waals surface area (Å²) in [4.78, 5) is 21.8. The van der Waals surface area contributed by atoms with E-state index < -0.39 is 0 Å². The number of aliphatic imine (C=N–C) groups is 1. The van der Waals surface area contributed by atoms with E-state index in [1.54, 1.807) is 6.20 Å². The molecule has 1 N–H and O–H groups in total. The molecule has 1 aromatic heterocycles. The van der Waals surface area contributed by atoms with Crippen LogP contribution in [-0.4, -0.2) is 29.9 Å². The number of amides is 1. The maximum Gasteiger partial charge on any atom is 0.235 e. The van der Waals surface area contributed by atoms with Crippen molar-refractivity contribution in [3.63, 3.8) is 0 Å². The number of ether oxygens (including phenoxy) is 2. The van der Waals surface area contributed by atoms with Gasteiger partial charge in [-0.2, -0.15) is 0 Å². The highest BCUT2D eigenvalue weighted by atomic mass is 16.5. The second-order valence-electron chi connectivity index (χ2n) is 10.5. The van der Waals surface area contributed by atoms with E-state index in [2.05, 4.69) is 60.3 Å². The number of rotatable bonds is 5. The molecule has 2 aliphatic carbocycles. The number of aryl methyl sites for hydroxylation is 1. The molecule has 3 aliphatic rings. The van der Waals surface area contributed by atoms with Crippen molar-refractivity contribution >= 4 is 11.8 Å². The second-order valence-corrected chi connectivity index (χ2v) is 10.5. The third-order valence-electron chi connectivity index (χ3n) is 6.81. The summed E-state index contributed by atoms with van der Waals surface area (Å²) in [7, 11) is 0. The van der Waals surface area contributed by atoms with Crippen LogP contribution in [0.2, 0.25) is 0 Å². The smallest absolute Gasteiger partial charge is 0.235 e. The van der Waals surface area contributed by atoms with Crippen LogP contribution < -0.4 is 10.1 Å². The third-order valence-corrected chi connectivity index (χ3v) is 6.81. The minimum absolute atomic E-state index is 0.0345. The number of pyridine rings is 1. The van der Waals surface area contributed by atoms with Crippen LogP contribution >= 0.6 is 0 Å². The van der Waals surface area contributed by atoms with Gasteiger partial charge in [-0.3, -0.25) is 9.78 Å². The Kier molecular flexibility index (Phi) is 6.46. The average molecular weight is 472 g/mol. The van der Waals surface area contributed by atoms with Gasteiger partial charge in [-0.05, 0) is 78.5 Å². The summed E-state index contributed by atoms with van der Waals surface area (Å²) >= 11 is 0. The highest BCUT2D eigenvalue weighted by Crippen LogP contribution is 2.33. The molecule has 5 rings (SSSR count).